The van der Waals surface area contributed by atoms with Crippen molar-refractivity contribution >= 4 is 11.6 Å². The quantitative estimate of drug-likeness (QED) is 0.838. The Labute approximate surface area is 113 Å². The number of rotatable bonds is 1. The highest BCUT2D eigenvalue weighted by atomic mass is 16.5. The van der Waals surface area contributed by atoms with Crippen LogP contribution in [0.5, 0.6) is 5.75 Å². The fraction of sp³-hybridized carbons (Fsp3) is 0.533. The highest BCUT2D eigenvalue weighted by Crippen LogP contribution is 2.35. The number of anilines is 1. The van der Waals surface area contributed by atoms with E-state index in [0.717, 1.165) is 36.3 Å². The van der Waals surface area contributed by atoms with E-state index in [-0.39, 0.29) is 17.9 Å². The van der Waals surface area contributed by atoms with E-state index in [1.807, 2.05) is 30.0 Å². The van der Waals surface area contributed by atoms with E-state index in [4.69, 9.17) is 10.5 Å². The van der Waals surface area contributed by atoms with Gasteiger partial charge < -0.3 is 15.4 Å². The number of ether oxygens (including phenoxy) is 1. The molecule has 1 aromatic rings. The molecule has 0 radical (unpaired) electrons. The number of aryl methyl sites for hydroxylation is 1. The molecular weight excluding hydrogens is 240 g/mol. The molecule has 2 N–H and O–H groups in total. The van der Waals surface area contributed by atoms with Crippen LogP contribution in [0.2, 0.25) is 0 Å². The molecule has 0 aromatic heterocycles. The summed E-state index contributed by atoms with van der Waals surface area (Å²) in [6, 6.07) is 6.19. The van der Waals surface area contributed by atoms with Crippen LogP contribution < -0.4 is 15.4 Å². The Kier molecular flexibility index (Phi) is 3.19. The maximum absolute atomic E-state index is 12.6. The molecule has 1 aliphatic carbocycles. The van der Waals surface area contributed by atoms with Crippen molar-refractivity contribution in [1.29, 1.82) is 0 Å². The van der Waals surface area contributed by atoms with Gasteiger partial charge in [0.05, 0.1) is 12.2 Å². The summed E-state index contributed by atoms with van der Waals surface area (Å²) in [6.45, 7) is 3.24. The second-order valence-electron chi connectivity index (χ2n) is 5.58. The topological polar surface area (TPSA) is 55.6 Å². The van der Waals surface area contributed by atoms with Crippen LogP contribution in [0.25, 0.3) is 0 Å². The number of carbonyl (C=O) groups excluding carboxylic acids is 1. The zero-order valence-corrected chi connectivity index (χ0v) is 11.3. The van der Waals surface area contributed by atoms with E-state index in [1.165, 1.54) is 0 Å². The van der Waals surface area contributed by atoms with Crippen molar-refractivity contribution in [2.75, 3.05) is 18.1 Å². The summed E-state index contributed by atoms with van der Waals surface area (Å²) in [5.41, 5.74) is 7.97. The largest absolute Gasteiger partial charge is 0.490 e. The lowest BCUT2D eigenvalue weighted by Gasteiger charge is -2.31. The van der Waals surface area contributed by atoms with Gasteiger partial charge in [0, 0.05) is 12.0 Å². The molecule has 4 heteroatoms. The molecule has 1 aliphatic heterocycles. The third kappa shape index (κ3) is 2.32. The maximum atomic E-state index is 12.6. The minimum atomic E-state index is 0.0854. The number of benzene rings is 1. The van der Waals surface area contributed by atoms with Gasteiger partial charge >= 0.3 is 0 Å². The summed E-state index contributed by atoms with van der Waals surface area (Å²) in [5.74, 6) is 1.12. The molecule has 102 valence electrons. The van der Waals surface area contributed by atoms with Crippen molar-refractivity contribution in [2.24, 2.45) is 11.7 Å². The Morgan fingerprint density at radius 3 is 3.00 bits per heavy atom. The van der Waals surface area contributed by atoms with E-state index in [1.54, 1.807) is 0 Å². The van der Waals surface area contributed by atoms with E-state index in [0.29, 0.717) is 13.2 Å². The van der Waals surface area contributed by atoms with Gasteiger partial charge in [-0.15, -0.1) is 0 Å². The predicted octanol–water partition coefficient (Wildman–Crippen LogP) is 1.85. The van der Waals surface area contributed by atoms with Gasteiger partial charge in [0.1, 0.15) is 12.4 Å². The average Bonchev–Trinajstić information content (AvgIpc) is 2.83. The first-order chi connectivity index (χ1) is 9.15. The summed E-state index contributed by atoms with van der Waals surface area (Å²) < 4.78 is 5.65. The summed E-state index contributed by atoms with van der Waals surface area (Å²) in [4.78, 5) is 14.5. The van der Waals surface area contributed by atoms with Gasteiger partial charge in [0.2, 0.25) is 5.91 Å². The molecule has 1 fully saturated rings. The van der Waals surface area contributed by atoms with Crippen molar-refractivity contribution in [3.63, 3.8) is 0 Å². The Bertz CT molecular complexity index is 501. The zero-order chi connectivity index (χ0) is 13.4. The lowest BCUT2D eigenvalue weighted by molar-refractivity contribution is -0.122. The molecule has 2 aliphatic rings. The maximum Gasteiger partial charge on any atom is 0.230 e. The smallest absolute Gasteiger partial charge is 0.230 e. The van der Waals surface area contributed by atoms with Gasteiger partial charge in [-0.2, -0.15) is 0 Å². The van der Waals surface area contributed by atoms with Gasteiger partial charge in [0.25, 0.3) is 0 Å². The lowest BCUT2D eigenvalue weighted by Crippen LogP contribution is -2.41. The second-order valence-corrected chi connectivity index (χ2v) is 5.58. The zero-order valence-electron chi connectivity index (χ0n) is 11.3. The van der Waals surface area contributed by atoms with E-state index < -0.39 is 0 Å². The van der Waals surface area contributed by atoms with Crippen LogP contribution in [0.4, 0.5) is 5.69 Å². The summed E-state index contributed by atoms with van der Waals surface area (Å²) >= 11 is 0. The van der Waals surface area contributed by atoms with Crippen molar-refractivity contribution < 1.29 is 9.53 Å². The minimum absolute atomic E-state index is 0.0854. The first kappa shape index (κ1) is 12.5. The number of carbonyl (C=O) groups is 1. The van der Waals surface area contributed by atoms with Crippen molar-refractivity contribution in [3.05, 3.63) is 23.8 Å². The number of nitrogens with two attached hydrogens (primary N) is 1. The molecule has 19 heavy (non-hydrogen) atoms. The number of nitrogens with zero attached hydrogens (tertiary/aromatic N) is 1. The van der Waals surface area contributed by atoms with Crippen LogP contribution in [0.3, 0.4) is 0 Å². The Morgan fingerprint density at radius 2 is 2.26 bits per heavy atom. The molecule has 0 spiro atoms. The molecule has 0 saturated heterocycles. The predicted molar refractivity (Wildman–Crippen MR) is 74.3 cm³/mol. The van der Waals surface area contributed by atoms with Gasteiger partial charge in [-0.25, -0.2) is 0 Å². The summed E-state index contributed by atoms with van der Waals surface area (Å²) in [6.07, 6.45) is 2.69. The molecule has 1 amide bonds. The first-order valence-electron chi connectivity index (χ1n) is 6.95. The monoisotopic (exact) mass is 260 g/mol. The van der Waals surface area contributed by atoms with Crippen LogP contribution in [0.15, 0.2) is 18.2 Å². The molecule has 3 rings (SSSR count). The van der Waals surface area contributed by atoms with Crippen LogP contribution in [0, 0.1) is 12.8 Å². The molecular formula is C15H20N2O2. The van der Waals surface area contributed by atoms with Gasteiger partial charge in [-0.1, -0.05) is 6.07 Å². The molecule has 1 aromatic carbocycles. The van der Waals surface area contributed by atoms with E-state index in [2.05, 4.69) is 0 Å². The standard InChI is InChI=1S/C15H20N2O2/c1-10-2-5-13-14(8-10)19-7-6-17(13)15(18)11-3-4-12(16)9-11/h2,5,8,11-12H,3-4,6-7,9,16H2,1H3/t11-,12-/m1/s1. The Hall–Kier alpha value is -1.55. The Morgan fingerprint density at radius 1 is 1.42 bits per heavy atom. The molecule has 0 bridgehead atoms. The molecule has 4 nitrogen and oxygen atoms in total. The highest BCUT2D eigenvalue weighted by molar-refractivity contribution is 5.97. The van der Waals surface area contributed by atoms with Crippen LogP contribution in [0.1, 0.15) is 24.8 Å². The molecule has 0 unspecified atom stereocenters. The van der Waals surface area contributed by atoms with Crippen LogP contribution in [-0.2, 0) is 4.79 Å². The minimum Gasteiger partial charge on any atom is -0.490 e. The van der Waals surface area contributed by atoms with Gasteiger partial charge in [-0.05, 0) is 43.9 Å². The lowest BCUT2D eigenvalue weighted by atomic mass is 10.0. The van der Waals surface area contributed by atoms with Crippen molar-refractivity contribution in [3.8, 4) is 5.75 Å². The van der Waals surface area contributed by atoms with E-state index in [9.17, 15) is 4.79 Å². The third-order valence-corrected chi connectivity index (χ3v) is 4.07. The highest BCUT2D eigenvalue weighted by Gasteiger charge is 2.33. The fourth-order valence-corrected chi connectivity index (χ4v) is 3.02. The van der Waals surface area contributed by atoms with Gasteiger partial charge in [0.15, 0.2) is 0 Å². The number of hydrogen-bond acceptors (Lipinski definition) is 3. The van der Waals surface area contributed by atoms with Crippen molar-refractivity contribution in [1.82, 2.24) is 0 Å². The summed E-state index contributed by atoms with van der Waals surface area (Å²) in [7, 11) is 0. The number of fused-ring (bicyclic) bond motifs is 1. The molecule has 1 heterocycles. The summed E-state index contributed by atoms with van der Waals surface area (Å²) in [5, 5.41) is 0. The number of hydrogen-bond donors (Lipinski definition) is 1. The third-order valence-electron chi connectivity index (χ3n) is 4.07. The normalized spacial score (nSPS) is 25.9. The second kappa shape index (κ2) is 4.85. The van der Waals surface area contributed by atoms with Crippen LogP contribution in [-0.4, -0.2) is 25.1 Å². The average molecular weight is 260 g/mol. The Balaban J connectivity index is 1.85. The number of amides is 1. The van der Waals surface area contributed by atoms with E-state index >= 15 is 0 Å². The molecule has 2 atom stereocenters. The molecule has 1 saturated carbocycles. The van der Waals surface area contributed by atoms with Crippen LogP contribution >= 0.6 is 0 Å². The van der Waals surface area contributed by atoms with Gasteiger partial charge in [-0.3, -0.25) is 4.79 Å². The SMILES string of the molecule is Cc1ccc2c(c1)OCCN2C(=O)[C@@H]1CC[C@@H](N)C1. The first-order valence-corrected chi connectivity index (χ1v) is 6.95. The fourth-order valence-electron chi connectivity index (χ4n) is 3.02. The van der Waals surface area contributed by atoms with Crippen molar-refractivity contribution in [2.45, 2.75) is 32.2 Å².